The number of benzene rings is 1. The number of rotatable bonds is 4. The minimum absolute atomic E-state index is 0.144. The second kappa shape index (κ2) is 7.26. The zero-order valence-corrected chi connectivity index (χ0v) is 17.3. The van der Waals surface area contributed by atoms with E-state index in [9.17, 15) is 0 Å². The standard InChI is InChI=1S/C22H23N9/c1-2-17-21-28-25-14-29(21)18-12-23-22(27-20(18)30(17)16-10-6-7-11-16)31-19(24-13-26-31)15-8-4-3-5-9-15/h3-5,8-9,12-14,16-17H,2,6-7,10-11H2,1H3. The highest BCUT2D eigenvalue weighted by molar-refractivity contribution is 5.63. The molecule has 0 radical (unpaired) electrons. The van der Waals surface area contributed by atoms with Gasteiger partial charge in [0.2, 0.25) is 0 Å². The summed E-state index contributed by atoms with van der Waals surface area (Å²) >= 11 is 0. The molecule has 0 spiro atoms. The number of nitrogens with zero attached hydrogens (tertiary/aromatic N) is 9. The van der Waals surface area contributed by atoms with Crippen LogP contribution in [0.25, 0.3) is 23.0 Å². The largest absolute Gasteiger partial charge is 0.341 e. The molecule has 6 rings (SSSR count). The van der Waals surface area contributed by atoms with Crippen molar-refractivity contribution in [3.8, 4) is 23.0 Å². The first kappa shape index (κ1) is 18.2. The lowest BCUT2D eigenvalue weighted by Gasteiger charge is -2.40. The van der Waals surface area contributed by atoms with Gasteiger partial charge in [-0.1, -0.05) is 50.1 Å². The number of aromatic nitrogens is 8. The van der Waals surface area contributed by atoms with Crippen LogP contribution in [-0.4, -0.2) is 45.5 Å². The second-order valence-electron chi connectivity index (χ2n) is 8.07. The monoisotopic (exact) mass is 413 g/mol. The van der Waals surface area contributed by atoms with Gasteiger partial charge in [-0.25, -0.2) is 9.97 Å². The third-order valence-corrected chi connectivity index (χ3v) is 6.32. The van der Waals surface area contributed by atoms with Crippen molar-refractivity contribution in [1.82, 2.24) is 39.5 Å². The molecule has 1 atom stereocenters. The van der Waals surface area contributed by atoms with Crippen molar-refractivity contribution < 1.29 is 0 Å². The van der Waals surface area contributed by atoms with Gasteiger partial charge in [0.25, 0.3) is 5.95 Å². The van der Waals surface area contributed by atoms with Gasteiger partial charge in [0.05, 0.1) is 12.2 Å². The minimum atomic E-state index is 0.144. The summed E-state index contributed by atoms with van der Waals surface area (Å²) in [6.45, 7) is 2.20. The molecule has 2 aliphatic rings. The zero-order valence-electron chi connectivity index (χ0n) is 17.3. The van der Waals surface area contributed by atoms with Crippen molar-refractivity contribution in [1.29, 1.82) is 0 Å². The number of anilines is 1. The van der Waals surface area contributed by atoms with Crippen molar-refractivity contribution in [2.45, 2.75) is 51.1 Å². The van der Waals surface area contributed by atoms with Crippen LogP contribution in [0.4, 0.5) is 5.82 Å². The van der Waals surface area contributed by atoms with Gasteiger partial charge < -0.3 is 4.90 Å². The quantitative estimate of drug-likeness (QED) is 0.505. The molecule has 9 heteroatoms. The smallest absolute Gasteiger partial charge is 0.254 e. The van der Waals surface area contributed by atoms with E-state index in [0.29, 0.717) is 12.0 Å². The van der Waals surface area contributed by atoms with E-state index < -0.39 is 0 Å². The van der Waals surface area contributed by atoms with Crippen LogP contribution in [0.3, 0.4) is 0 Å². The van der Waals surface area contributed by atoms with Gasteiger partial charge in [-0.05, 0) is 19.3 Å². The Balaban J connectivity index is 1.51. The highest BCUT2D eigenvalue weighted by Gasteiger charge is 2.38. The Kier molecular flexibility index (Phi) is 4.26. The van der Waals surface area contributed by atoms with Crippen LogP contribution in [0, 0.1) is 0 Å². The molecule has 4 aromatic rings. The third kappa shape index (κ3) is 2.83. The third-order valence-electron chi connectivity index (χ3n) is 6.32. The maximum absolute atomic E-state index is 5.04. The summed E-state index contributed by atoms with van der Waals surface area (Å²) in [6, 6.07) is 10.6. The van der Waals surface area contributed by atoms with Crippen LogP contribution in [0.2, 0.25) is 0 Å². The van der Waals surface area contributed by atoms with Crippen LogP contribution in [0.1, 0.15) is 50.9 Å². The molecule has 0 bridgehead atoms. The molecule has 1 saturated carbocycles. The first-order valence-corrected chi connectivity index (χ1v) is 10.9. The first-order chi connectivity index (χ1) is 15.3. The van der Waals surface area contributed by atoms with E-state index in [2.05, 4.69) is 37.1 Å². The Morgan fingerprint density at radius 3 is 2.71 bits per heavy atom. The molecule has 156 valence electrons. The highest BCUT2D eigenvalue weighted by atomic mass is 15.4. The average molecular weight is 413 g/mol. The predicted octanol–water partition coefficient (Wildman–Crippen LogP) is 3.52. The van der Waals surface area contributed by atoms with Gasteiger partial charge in [-0.2, -0.15) is 14.8 Å². The minimum Gasteiger partial charge on any atom is -0.341 e. The fourth-order valence-electron chi connectivity index (χ4n) is 4.91. The lowest BCUT2D eigenvalue weighted by atomic mass is 10.0. The van der Waals surface area contributed by atoms with E-state index in [1.165, 1.54) is 25.7 Å². The Morgan fingerprint density at radius 1 is 1.06 bits per heavy atom. The summed E-state index contributed by atoms with van der Waals surface area (Å²) in [4.78, 5) is 16.6. The molecule has 1 unspecified atom stereocenters. The lowest BCUT2D eigenvalue weighted by Crippen LogP contribution is -2.42. The summed E-state index contributed by atoms with van der Waals surface area (Å²) in [5.74, 6) is 3.12. The highest BCUT2D eigenvalue weighted by Crippen LogP contribution is 2.42. The SMILES string of the molecule is CCC1c2nncn2-c2cnc(-n3ncnc3-c3ccccc3)nc2N1C1CCCC1. The lowest BCUT2D eigenvalue weighted by molar-refractivity contribution is 0.468. The molecule has 0 saturated heterocycles. The van der Waals surface area contributed by atoms with E-state index in [0.717, 1.165) is 35.1 Å². The Hall–Kier alpha value is -3.62. The fourth-order valence-corrected chi connectivity index (χ4v) is 4.91. The first-order valence-electron chi connectivity index (χ1n) is 10.9. The number of hydrogen-bond acceptors (Lipinski definition) is 7. The van der Waals surface area contributed by atoms with Crippen molar-refractivity contribution >= 4 is 5.82 Å². The molecule has 3 aromatic heterocycles. The molecule has 1 fully saturated rings. The molecule has 0 N–H and O–H groups in total. The fraction of sp³-hybridized carbons (Fsp3) is 0.364. The Morgan fingerprint density at radius 2 is 1.90 bits per heavy atom. The molecular weight excluding hydrogens is 390 g/mol. The molecule has 9 nitrogen and oxygen atoms in total. The molecule has 1 aromatic carbocycles. The topological polar surface area (TPSA) is 90.4 Å². The van der Waals surface area contributed by atoms with E-state index in [-0.39, 0.29) is 6.04 Å². The van der Waals surface area contributed by atoms with Crippen molar-refractivity contribution in [2.75, 3.05) is 4.90 Å². The van der Waals surface area contributed by atoms with Gasteiger partial charge in [-0.15, -0.1) is 10.2 Å². The van der Waals surface area contributed by atoms with Crippen LogP contribution < -0.4 is 4.90 Å². The van der Waals surface area contributed by atoms with E-state index in [4.69, 9.17) is 4.98 Å². The molecule has 1 aliphatic carbocycles. The molecule has 0 amide bonds. The summed E-state index contributed by atoms with van der Waals surface area (Å²) in [5, 5.41) is 13.1. The van der Waals surface area contributed by atoms with Crippen molar-refractivity contribution in [3.05, 3.63) is 55.0 Å². The molecular formula is C22H23N9. The predicted molar refractivity (Wildman–Crippen MR) is 115 cm³/mol. The normalized spacial score (nSPS) is 18.2. The van der Waals surface area contributed by atoms with Gasteiger partial charge in [0, 0.05) is 11.6 Å². The second-order valence-corrected chi connectivity index (χ2v) is 8.07. The van der Waals surface area contributed by atoms with Crippen LogP contribution in [-0.2, 0) is 0 Å². The maximum Gasteiger partial charge on any atom is 0.254 e. The van der Waals surface area contributed by atoms with Gasteiger partial charge in [0.15, 0.2) is 17.5 Å². The van der Waals surface area contributed by atoms with Gasteiger partial charge >= 0.3 is 0 Å². The summed E-state index contributed by atoms with van der Waals surface area (Å²) in [5.41, 5.74) is 1.89. The Labute approximate surface area is 179 Å². The Bertz CT molecular complexity index is 1210. The van der Waals surface area contributed by atoms with Crippen LogP contribution >= 0.6 is 0 Å². The number of hydrogen-bond donors (Lipinski definition) is 0. The van der Waals surface area contributed by atoms with Gasteiger partial charge in [0.1, 0.15) is 18.3 Å². The summed E-state index contributed by atoms with van der Waals surface area (Å²) < 4.78 is 3.74. The zero-order chi connectivity index (χ0) is 20.8. The van der Waals surface area contributed by atoms with E-state index in [1.54, 1.807) is 17.3 Å². The molecule has 31 heavy (non-hydrogen) atoms. The van der Waals surface area contributed by atoms with E-state index in [1.807, 2.05) is 41.1 Å². The average Bonchev–Trinajstić information content (AvgIpc) is 3.59. The van der Waals surface area contributed by atoms with E-state index >= 15 is 0 Å². The molecule has 4 heterocycles. The van der Waals surface area contributed by atoms with Crippen LogP contribution in [0.5, 0.6) is 0 Å². The number of fused-ring (bicyclic) bond motifs is 3. The maximum atomic E-state index is 5.04. The van der Waals surface area contributed by atoms with Crippen molar-refractivity contribution in [3.63, 3.8) is 0 Å². The van der Waals surface area contributed by atoms with Crippen LogP contribution in [0.15, 0.2) is 49.2 Å². The van der Waals surface area contributed by atoms with Gasteiger partial charge in [-0.3, -0.25) is 4.57 Å². The van der Waals surface area contributed by atoms with Crippen molar-refractivity contribution in [2.24, 2.45) is 0 Å². The summed E-state index contributed by atoms with van der Waals surface area (Å²) in [6.07, 6.45) is 10.9. The summed E-state index contributed by atoms with van der Waals surface area (Å²) in [7, 11) is 0. The molecule has 1 aliphatic heterocycles.